The van der Waals surface area contributed by atoms with Crippen LogP contribution in [0.3, 0.4) is 0 Å². The van der Waals surface area contributed by atoms with Crippen LogP contribution in [0.25, 0.3) is 0 Å². The molecule has 4 heteroatoms. The highest BCUT2D eigenvalue weighted by Gasteiger charge is 2.29. The van der Waals surface area contributed by atoms with Crippen LogP contribution in [0, 0.1) is 0 Å². The van der Waals surface area contributed by atoms with Crippen LogP contribution in [-0.2, 0) is 11.0 Å². The van der Waals surface area contributed by atoms with Crippen LogP contribution in [0.5, 0.6) is 5.75 Å². The average Bonchev–Trinajstić information content (AvgIpc) is 2.75. The maximum Gasteiger partial charge on any atom is 0.247 e. The molecule has 3 aromatic rings. The second kappa shape index (κ2) is 7.54. The van der Waals surface area contributed by atoms with E-state index < -0.39 is 7.29 Å². The normalized spacial score (nSPS) is 15.4. The Kier molecular flexibility index (Phi) is 4.96. The van der Waals surface area contributed by atoms with Gasteiger partial charge in [-0.05, 0) is 49.6 Å². The molecular formula is C23H22NO2P. The third kappa shape index (κ3) is 3.36. The predicted octanol–water partition coefficient (Wildman–Crippen LogP) is 4.75. The lowest BCUT2D eigenvalue weighted by atomic mass is 9.89. The highest BCUT2D eigenvalue weighted by atomic mass is 31.2. The van der Waals surface area contributed by atoms with Crippen LogP contribution in [0.1, 0.15) is 24.0 Å². The summed E-state index contributed by atoms with van der Waals surface area (Å²) in [6, 6.07) is 25.2. The van der Waals surface area contributed by atoms with Crippen LogP contribution in [0.4, 0.5) is 0 Å². The summed E-state index contributed by atoms with van der Waals surface area (Å²) in [6.45, 7) is 0. The van der Waals surface area contributed by atoms with Crippen molar-refractivity contribution in [3.05, 3.63) is 90.0 Å². The zero-order chi connectivity index (χ0) is 18.7. The molecule has 0 heterocycles. The summed E-state index contributed by atoms with van der Waals surface area (Å²) in [4.78, 5) is 0. The molecule has 0 N–H and O–H groups in total. The fraction of sp³-hybridized carbons (Fsp3) is 0.174. The number of hydrogen-bond donors (Lipinski definition) is 0. The summed E-state index contributed by atoms with van der Waals surface area (Å²) in [5.74, 6) is 0.883. The zero-order valence-corrected chi connectivity index (χ0v) is 16.2. The molecule has 3 nitrogen and oxygen atoms in total. The van der Waals surface area contributed by atoms with Crippen molar-refractivity contribution in [3.8, 4) is 5.75 Å². The van der Waals surface area contributed by atoms with E-state index in [2.05, 4.69) is 6.07 Å². The van der Waals surface area contributed by atoms with Gasteiger partial charge in [0.1, 0.15) is 5.75 Å². The first-order valence-electron chi connectivity index (χ1n) is 9.19. The number of ether oxygens (including phenoxy) is 1. The van der Waals surface area contributed by atoms with Gasteiger partial charge in [0.15, 0.2) is 0 Å². The molecule has 0 bridgehead atoms. The van der Waals surface area contributed by atoms with E-state index in [1.807, 2.05) is 72.8 Å². The first-order valence-corrected chi connectivity index (χ1v) is 10.8. The second-order valence-corrected chi connectivity index (χ2v) is 9.02. The number of benzene rings is 3. The van der Waals surface area contributed by atoms with Crippen molar-refractivity contribution in [2.24, 2.45) is 4.76 Å². The molecule has 0 aromatic heterocycles. The second-order valence-electron chi connectivity index (χ2n) is 6.63. The van der Waals surface area contributed by atoms with Gasteiger partial charge in [0.2, 0.25) is 7.29 Å². The summed E-state index contributed by atoms with van der Waals surface area (Å²) in [5.41, 5.74) is 3.14. The van der Waals surface area contributed by atoms with Gasteiger partial charge < -0.3 is 4.74 Å². The quantitative estimate of drug-likeness (QED) is 0.617. The lowest BCUT2D eigenvalue weighted by Crippen LogP contribution is -2.18. The summed E-state index contributed by atoms with van der Waals surface area (Å²) < 4.78 is 24.7. The van der Waals surface area contributed by atoms with Crippen molar-refractivity contribution >= 4 is 23.6 Å². The van der Waals surface area contributed by atoms with Crippen molar-refractivity contribution in [1.82, 2.24) is 0 Å². The molecule has 1 aliphatic carbocycles. The molecule has 3 aromatic carbocycles. The van der Waals surface area contributed by atoms with Gasteiger partial charge in [0.25, 0.3) is 0 Å². The maximum atomic E-state index is 14.2. The van der Waals surface area contributed by atoms with Crippen LogP contribution in [-0.4, -0.2) is 12.8 Å². The lowest BCUT2D eigenvalue weighted by molar-refractivity contribution is 0.408. The van der Waals surface area contributed by atoms with E-state index in [0.29, 0.717) is 0 Å². The summed E-state index contributed by atoms with van der Waals surface area (Å²) in [5, 5.41) is 1.53. The number of methoxy groups -OCH3 is 1. The smallest absolute Gasteiger partial charge is 0.247 e. The lowest BCUT2D eigenvalue weighted by Gasteiger charge is -2.23. The van der Waals surface area contributed by atoms with Gasteiger partial charge in [-0.1, -0.05) is 48.5 Å². The summed E-state index contributed by atoms with van der Waals surface area (Å²) in [6.07, 6.45) is 2.76. The molecule has 0 amide bonds. The Morgan fingerprint density at radius 3 is 2.04 bits per heavy atom. The number of rotatable bonds is 4. The Balaban J connectivity index is 1.91. The molecule has 0 saturated carbocycles. The third-order valence-corrected chi connectivity index (χ3v) is 7.50. The Morgan fingerprint density at radius 1 is 0.815 bits per heavy atom. The van der Waals surface area contributed by atoms with Gasteiger partial charge in [-0.3, -0.25) is 4.57 Å². The number of hydrogen-bond acceptors (Lipinski definition) is 2. The van der Waals surface area contributed by atoms with E-state index in [0.717, 1.165) is 52.5 Å². The molecular weight excluding hydrogens is 353 g/mol. The first-order chi connectivity index (χ1) is 13.2. The van der Waals surface area contributed by atoms with Gasteiger partial charge in [0.05, 0.1) is 12.8 Å². The Hall–Kier alpha value is -2.64. The minimum Gasteiger partial charge on any atom is -0.496 e. The Labute approximate surface area is 160 Å². The van der Waals surface area contributed by atoms with Crippen LogP contribution in [0.15, 0.2) is 83.6 Å². The fourth-order valence-corrected chi connectivity index (χ4v) is 5.88. The van der Waals surface area contributed by atoms with Crippen molar-refractivity contribution in [1.29, 1.82) is 0 Å². The molecule has 0 atom stereocenters. The van der Waals surface area contributed by atoms with E-state index in [4.69, 9.17) is 9.50 Å². The summed E-state index contributed by atoms with van der Waals surface area (Å²) in [7, 11) is -1.43. The Bertz CT molecular complexity index is 970. The third-order valence-electron chi connectivity index (χ3n) is 4.98. The summed E-state index contributed by atoms with van der Waals surface area (Å²) >= 11 is 0. The first kappa shape index (κ1) is 17.8. The van der Waals surface area contributed by atoms with E-state index in [9.17, 15) is 4.57 Å². The predicted molar refractivity (Wildman–Crippen MR) is 112 cm³/mol. The van der Waals surface area contributed by atoms with Crippen molar-refractivity contribution in [2.45, 2.75) is 19.3 Å². The fourth-order valence-electron chi connectivity index (χ4n) is 3.65. The van der Waals surface area contributed by atoms with Gasteiger partial charge in [0, 0.05) is 21.7 Å². The van der Waals surface area contributed by atoms with E-state index in [1.54, 1.807) is 7.11 Å². The van der Waals surface area contributed by atoms with Gasteiger partial charge in [-0.15, -0.1) is 0 Å². The largest absolute Gasteiger partial charge is 0.496 e. The SMILES string of the molecule is COc1cccc2c1CCC/C2=N\P(=O)(c1ccccc1)c1ccccc1. The number of fused-ring (bicyclic) bond motifs is 1. The van der Waals surface area contributed by atoms with E-state index >= 15 is 0 Å². The minimum atomic E-state index is -3.12. The molecule has 4 rings (SSSR count). The standard InChI is InChI=1S/C23H22NO2P/c1-26-23-17-9-14-20-21(23)15-8-16-22(20)24-27(25,18-10-4-2-5-11-18)19-12-6-3-7-13-19/h2-7,9-14,17H,8,15-16H2,1H3/b24-22+. The molecule has 27 heavy (non-hydrogen) atoms. The highest BCUT2D eigenvalue weighted by Crippen LogP contribution is 2.46. The molecule has 136 valence electrons. The molecule has 0 saturated heterocycles. The van der Waals surface area contributed by atoms with Crippen molar-refractivity contribution < 1.29 is 9.30 Å². The van der Waals surface area contributed by atoms with Crippen LogP contribution < -0.4 is 15.3 Å². The minimum absolute atomic E-state index is 0.763. The monoisotopic (exact) mass is 375 g/mol. The molecule has 0 aliphatic heterocycles. The van der Waals surface area contributed by atoms with Gasteiger partial charge in [-0.25, -0.2) is 4.76 Å². The van der Waals surface area contributed by atoms with Crippen molar-refractivity contribution in [3.63, 3.8) is 0 Å². The van der Waals surface area contributed by atoms with Gasteiger partial charge >= 0.3 is 0 Å². The van der Waals surface area contributed by atoms with Gasteiger partial charge in [-0.2, -0.15) is 0 Å². The van der Waals surface area contributed by atoms with Crippen LogP contribution >= 0.6 is 7.29 Å². The molecule has 0 unspecified atom stereocenters. The van der Waals surface area contributed by atoms with E-state index in [1.165, 1.54) is 0 Å². The topological polar surface area (TPSA) is 38.7 Å². The average molecular weight is 375 g/mol. The zero-order valence-electron chi connectivity index (χ0n) is 15.3. The van der Waals surface area contributed by atoms with Crippen molar-refractivity contribution in [2.75, 3.05) is 7.11 Å². The maximum absolute atomic E-state index is 14.2. The molecule has 0 fully saturated rings. The Morgan fingerprint density at radius 2 is 1.44 bits per heavy atom. The van der Waals surface area contributed by atoms with Crippen LogP contribution in [0.2, 0.25) is 0 Å². The molecule has 1 aliphatic rings. The highest BCUT2D eigenvalue weighted by molar-refractivity contribution is 7.77. The molecule has 0 spiro atoms. The number of nitrogens with zero attached hydrogens (tertiary/aromatic N) is 1. The van der Waals surface area contributed by atoms with E-state index in [-0.39, 0.29) is 0 Å². The molecule has 0 radical (unpaired) electrons.